The number of rotatable bonds is 4. The molecule has 3 aromatic rings. The van der Waals surface area contributed by atoms with Gasteiger partial charge >= 0.3 is 0 Å². The summed E-state index contributed by atoms with van der Waals surface area (Å²) in [5, 5.41) is 12.5. The zero-order chi connectivity index (χ0) is 20.9. The van der Waals surface area contributed by atoms with E-state index in [1.807, 2.05) is 10.6 Å². The minimum absolute atomic E-state index is 0.139. The fraction of sp³-hybridized carbons (Fsp3) is 0.500. The van der Waals surface area contributed by atoms with Crippen molar-refractivity contribution >= 4 is 10.9 Å². The molecule has 1 fully saturated rings. The molecule has 5 heteroatoms. The molecule has 1 saturated heterocycles. The molecule has 6 rings (SSSR count). The molecule has 0 saturated carbocycles. The molecule has 2 N–H and O–H groups in total. The smallest absolute Gasteiger partial charge is 0.250 e. The molecule has 1 aromatic carbocycles. The summed E-state index contributed by atoms with van der Waals surface area (Å²) in [4.78, 5) is 13.8. The minimum Gasteiger partial charge on any atom is -0.385 e. The van der Waals surface area contributed by atoms with E-state index in [0.29, 0.717) is 18.4 Å². The Morgan fingerprint density at radius 2 is 1.94 bits per heavy atom. The van der Waals surface area contributed by atoms with Crippen LogP contribution in [0.1, 0.15) is 42.1 Å². The van der Waals surface area contributed by atoms with Crippen LogP contribution in [0.2, 0.25) is 0 Å². The SMILES string of the molecule is O=c1cccc2n1CC1CC2C[NH+](CC(O)Cn2c3c(c4ccccc42)CCCC3)C1. The first-order chi connectivity index (χ1) is 15.2. The zero-order valence-electron chi connectivity index (χ0n) is 18.1. The lowest BCUT2D eigenvalue weighted by Crippen LogP contribution is -3.15. The molecule has 2 aromatic heterocycles. The van der Waals surface area contributed by atoms with Crippen LogP contribution in [0.3, 0.4) is 0 Å². The number of aryl methyl sites for hydroxylation is 1. The standard InChI is InChI=1S/C26H31N3O2/c30-20(17-28-24-8-3-1-6-21(24)22-7-2-4-9-25(22)28)16-27-13-18-12-19(15-27)23-10-5-11-26(31)29(23)14-18/h1,3,5-6,8,10-11,18-20,30H,2,4,7,9,12-17H2/p+1. The van der Waals surface area contributed by atoms with Crippen molar-refractivity contribution in [2.75, 3.05) is 19.6 Å². The molecular weight excluding hydrogens is 386 g/mol. The number of benzene rings is 1. The van der Waals surface area contributed by atoms with Crippen molar-refractivity contribution in [3.63, 3.8) is 0 Å². The number of hydrogen-bond donors (Lipinski definition) is 2. The molecule has 2 aliphatic heterocycles. The average molecular weight is 419 g/mol. The lowest BCUT2D eigenvalue weighted by molar-refractivity contribution is -0.914. The predicted octanol–water partition coefficient (Wildman–Crippen LogP) is 1.74. The zero-order valence-corrected chi connectivity index (χ0v) is 18.1. The van der Waals surface area contributed by atoms with Crippen LogP contribution in [0.15, 0.2) is 47.3 Å². The van der Waals surface area contributed by atoms with E-state index in [-0.39, 0.29) is 11.7 Å². The van der Waals surface area contributed by atoms with E-state index in [4.69, 9.17) is 0 Å². The summed E-state index contributed by atoms with van der Waals surface area (Å²) in [6.07, 6.45) is 5.64. The summed E-state index contributed by atoms with van der Waals surface area (Å²) in [5.74, 6) is 0.970. The highest BCUT2D eigenvalue weighted by atomic mass is 16.3. The number of pyridine rings is 1. The van der Waals surface area contributed by atoms with Crippen LogP contribution in [0.25, 0.3) is 10.9 Å². The molecule has 4 atom stereocenters. The first-order valence-electron chi connectivity index (χ1n) is 12.0. The fourth-order valence-electron chi connectivity index (χ4n) is 6.69. The maximum Gasteiger partial charge on any atom is 0.250 e. The second-order valence-electron chi connectivity index (χ2n) is 9.97. The summed E-state index contributed by atoms with van der Waals surface area (Å²) in [6, 6.07) is 14.4. The van der Waals surface area contributed by atoms with Gasteiger partial charge in [-0.3, -0.25) is 4.79 Å². The molecule has 2 bridgehead atoms. The molecular formula is C26H32N3O2+. The van der Waals surface area contributed by atoms with E-state index in [9.17, 15) is 9.90 Å². The van der Waals surface area contributed by atoms with E-state index >= 15 is 0 Å². The van der Waals surface area contributed by atoms with Gasteiger partial charge in [0, 0.05) is 46.7 Å². The van der Waals surface area contributed by atoms with Gasteiger partial charge in [0.05, 0.1) is 19.6 Å². The van der Waals surface area contributed by atoms with Crippen LogP contribution in [0.4, 0.5) is 0 Å². The van der Waals surface area contributed by atoms with E-state index < -0.39 is 0 Å². The van der Waals surface area contributed by atoms with Crippen LogP contribution in [0.5, 0.6) is 0 Å². The maximum absolute atomic E-state index is 12.3. The Morgan fingerprint density at radius 1 is 1.06 bits per heavy atom. The van der Waals surface area contributed by atoms with Gasteiger partial charge in [-0.2, -0.15) is 0 Å². The number of nitrogens with one attached hydrogen (secondary N) is 1. The maximum atomic E-state index is 12.3. The van der Waals surface area contributed by atoms with Gasteiger partial charge in [-0.15, -0.1) is 0 Å². The van der Waals surface area contributed by atoms with Crippen LogP contribution in [-0.2, 0) is 25.9 Å². The van der Waals surface area contributed by atoms with Gasteiger partial charge in [0.1, 0.15) is 12.6 Å². The van der Waals surface area contributed by atoms with E-state index in [1.54, 1.807) is 6.07 Å². The molecule has 162 valence electrons. The number of nitrogens with zero attached hydrogens (tertiary/aromatic N) is 2. The van der Waals surface area contributed by atoms with Crippen molar-refractivity contribution < 1.29 is 10.0 Å². The number of likely N-dealkylation sites (tertiary alicyclic amines) is 1. The quantitative estimate of drug-likeness (QED) is 0.678. The van der Waals surface area contributed by atoms with Crippen LogP contribution >= 0.6 is 0 Å². The van der Waals surface area contributed by atoms with Gasteiger partial charge in [-0.25, -0.2) is 0 Å². The molecule has 5 nitrogen and oxygen atoms in total. The molecule has 0 radical (unpaired) electrons. The fourth-order valence-corrected chi connectivity index (χ4v) is 6.69. The number of para-hydroxylation sites is 1. The monoisotopic (exact) mass is 418 g/mol. The number of aliphatic hydroxyl groups is 1. The third-order valence-corrected chi connectivity index (χ3v) is 7.87. The molecule has 1 aliphatic carbocycles. The highest BCUT2D eigenvalue weighted by Crippen LogP contribution is 2.33. The third kappa shape index (κ3) is 3.35. The van der Waals surface area contributed by atoms with Gasteiger partial charge in [-0.05, 0) is 49.8 Å². The molecule has 4 unspecified atom stereocenters. The second-order valence-corrected chi connectivity index (χ2v) is 9.97. The van der Waals surface area contributed by atoms with Gasteiger partial charge < -0.3 is 19.1 Å². The number of aromatic nitrogens is 2. The Morgan fingerprint density at radius 3 is 2.87 bits per heavy atom. The van der Waals surface area contributed by atoms with Gasteiger partial charge in [-0.1, -0.05) is 24.3 Å². The number of quaternary nitrogens is 1. The van der Waals surface area contributed by atoms with Crippen molar-refractivity contribution in [1.82, 2.24) is 9.13 Å². The molecule has 0 spiro atoms. The van der Waals surface area contributed by atoms with Crippen molar-refractivity contribution in [3.8, 4) is 0 Å². The summed E-state index contributed by atoms with van der Waals surface area (Å²) in [7, 11) is 0. The van der Waals surface area contributed by atoms with Gasteiger partial charge in [0.25, 0.3) is 5.56 Å². The predicted molar refractivity (Wildman–Crippen MR) is 122 cm³/mol. The van der Waals surface area contributed by atoms with Crippen molar-refractivity contribution in [1.29, 1.82) is 0 Å². The van der Waals surface area contributed by atoms with Crippen molar-refractivity contribution in [2.45, 2.75) is 57.2 Å². The molecule has 4 heterocycles. The Labute approximate surface area is 182 Å². The van der Waals surface area contributed by atoms with Crippen molar-refractivity contribution in [3.05, 3.63) is 69.8 Å². The highest BCUT2D eigenvalue weighted by molar-refractivity contribution is 5.85. The Bertz CT molecular complexity index is 1180. The first kappa shape index (κ1) is 19.3. The van der Waals surface area contributed by atoms with Crippen molar-refractivity contribution in [2.24, 2.45) is 5.92 Å². The molecule has 0 amide bonds. The summed E-state index contributed by atoms with van der Waals surface area (Å²) >= 11 is 0. The minimum atomic E-state index is -0.353. The Hall–Kier alpha value is -2.37. The Balaban J connectivity index is 1.21. The lowest BCUT2D eigenvalue weighted by Gasteiger charge is -2.40. The van der Waals surface area contributed by atoms with E-state index in [1.165, 1.54) is 58.4 Å². The number of piperidine rings is 1. The van der Waals surface area contributed by atoms with Crippen LogP contribution < -0.4 is 10.5 Å². The van der Waals surface area contributed by atoms with Gasteiger partial charge in [0.15, 0.2) is 0 Å². The summed E-state index contributed by atoms with van der Waals surface area (Å²) < 4.78 is 4.40. The molecule has 3 aliphatic rings. The summed E-state index contributed by atoms with van der Waals surface area (Å²) in [6.45, 7) is 4.37. The average Bonchev–Trinajstić information content (AvgIpc) is 3.08. The number of hydrogen-bond acceptors (Lipinski definition) is 2. The first-order valence-corrected chi connectivity index (χ1v) is 12.0. The molecule has 31 heavy (non-hydrogen) atoms. The third-order valence-electron chi connectivity index (χ3n) is 7.87. The van der Waals surface area contributed by atoms with E-state index in [2.05, 4.69) is 34.9 Å². The van der Waals surface area contributed by atoms with Gasteiger partial charge in [0.2, 0.25) is 0 Å². The summed E-state index contributed by atoms with van der Waals surface area (Å²) in [5.41, 5.74) is 5.58. The topological polar surface area (TPSA) is 51.6 Å². The van der Waals surface area contributed by atoms with Crippen LogP contribution in [0, 0.1) is 5.92 Å². The second kappa shape index (κ2) is 7.64. The normalized spacial score (nSPS) is 25.8. The number of fused-ring (bicyclic) bond motifs is 7. The highest BCUT2D eigenvalue weighted by Gasteiger charge is 2.37. The Kier molecular flexibility index (Phi) is 4.77. The van der Waals surface area contributed by atoms with E-state index in [0.717, 1.165) is 32.6 Å². The lowest BCUT2D eigenvalue weighted by atomic mass is 9.83. The largest absolute Gasteiger partial charge is 0.385 e. The number of aliphatic hydroxyl groups excluding tert-OH is 1. The van der Waals surface area contributed by atoms with Crippen LogP contribution in [-0.4, -0.2) is 40.0 Å².